The van der Waals surface area contributed by atoms with Gasteiger partial charge < -0.3 is 0 Å². The number of unbranched alkanes of at least 4 members (excludes halogenated alkanes) is 2. The lowest BCUT2D eigenvalue weighted by Crippen LogP contribution is -2.26. The van der Waals surface area contributed by atoms with Gasteiger partial charge in [0.15, 0.2) is 0 Å². The van der Waals surface area contributed by atoms with Crippen LogP contribution in [0.3, 0.4) is 0 Å². The van der Waals surface area contributed by atoms with Crippen LogP contribution in [0.1, 0.15) is 94.7 Å². The summed E-state index contributed by atoms with van der Waals surface area (Å²) in [5.41, 5.74) is 4.89. The Morgan fingerprint density at radius 1 is 0.971 bits per heavy atom. The van der Waals surface area contributed by atoms with E-state index in [1.807, 2.05) is 12.3 Å². The summed E-state index contributed by atoms with van der Waals surface area (Å²) in [5, 5.41) is 9.37. The molecule has 0 N–H and O–H groups in total. The Labute approximate surface area is 208 Å². The molecule has 1 aliphatic rings. The number of hydrogen-bond donors (Lipinski definition) is 0. The quantitative estimate of drug-likeness (QED) is 0.124. The third-order valence-electron chi connectivity index (χ3n) is 7.55. The first kappa shape index (κ1) is 26.1. The predicted octanol–water partition coefficient (Wildman–Crippen LogP) is 9.04. The number of allylic oxidation sites excluding steroid dienone is 1. The maximum absolute atomic E-state index is 4.81. The van der Waals surface area contributed by atoms with Crippen LogP contribution in [0, 0.1) is 17.8 Å². The number of rotatable bonds is 13. The van der Waals surface area contributed by atoms with E-state index in [2.05, 4.69) is 80.1 Å². The topological polar surface area (TPSA) is 24.7 Å². The molecule has 0 aromatic heterocycles. The Kier molecular flexibility index (Phi) is 11.3. The summed E-state index contributed by atoms with van der Waals surface area (Å²) in [6.07, 6.45) is 17.7. The summed E-state index contributed by atoms with van der Waals surface area (Å²) in [4.78, 5) is 0. The first-order chi connectivity index (χ1) is 16.7. The van der Waals surface area contributed by atoms with Crippen molar-refractivity contribution >= 4 is 11.9 Å². The van der Waals surface area contributed by atoms with E-state index >= 15 is 0 Å². The zero-order valence-corrected chi connectivity index (χ0v) is 21.5. The fourth-order valence-corrected chi connectivity index (χ4v) is 5.54. The molecule has 1 saturated carbocycles. The highest BCUT2D eigenvalue weighted by molar-refractivity contribution is 6.02. The summed E-state index contributed by atoms with van der Waals surface area (Å²) in [5.74, 6) is 2.29. The van der Waals surface area contributed by atoms with Crippen LogP contribution < -0.4 is 0 Å². The highest BCUT2D eigenvalue weighted by Crippen LogP contribution is 2.38. The van der Waals surface area contributed by atoms with E-state index in [-0.39, 0.29) is 0 Å². The molecule has 0 heterocycles. The van der Waals surface area contributed by atoms with E-state index in [1.165, 1.54) is 68.9 Å². The van der Waals surface area contributed by atoms with E-state index in [0.717, 1.165) is 36.0 Å². The van der Waals surface area contributed by atoms with E-state index < -0.39 is 0 Å². The van der Waals surface area contributed by atoms with E-state index in [9.17, 15) is 0 Å². The third kappa shape index (κ3) is 8.08. The summed E-state index contributed by atoms with van der Waals surface area (Å²) in [7, 11) is 0. The zero-order chi connectivity index (χ0) is 24.0. The third-order valence-corrected chi connectivity index (χ3v) is 7.55. The van der Waals surface area contributed by atoms with Gasteiger partial charge in [-0.15, -0.1) is 6.58 Å². The summed E-state index contributed by atoms with van der Waals surface area (Å²) in [6.45, 7) is 8.49. The highest BCUT2D eigenvalue weighted by atomic mass is 15.2. The summed E-state index contributed by atoms with van der Waals surface area (Å²) >= 11 is 0. The van der Waals surface area contributed by atoms with Gasteiger partial charge in [0.25, 0.3) is 0 Å². The second kappa shape index (κ2) is 14.7. The van der Waals surface area contributed by atoms with Crippen LogP contribution in [-0.4, -0.2) is 11.9 Å². The molecule has 0 saturated heterocycles. The van der Waals surface area contributed by atoms with Crippen molar-refractivity contribution in [3.63, 3.8) is 0 Å². The van der Waals surface area contributed by atoms with Crippen LogP contribution in [0.5, 0.6) is 0 Å². The van der Waals surface area contributed by atoms with Crippen LogP contribution in [0.15, 0.2) is 77.5 Å². The molecule has 3 rings (SSSR count). The monoisotopic (exact) mass is 456 g/mol. The second-order valence-corrected chi connectivity index (χ2v) is 9.94. The Hall–Kier alpha value is -2.48. The molecular weight excluding hydrogens is 412 g/mol. The Morgan fingerprint density at radius 2 is 1.71 bits per heavy atom. The van der Waals surface area contributed by atoms with Gasteiger partial charge in [-0.1, -0.05) is 93.8 Å². The molecule has 0 radical (unpaired) electrons. The average molecular weight is 457 g/mol. The molecule has 1 atom stereocenters. The second-order valence-electron chi connectivity index (χ2n) is 9.94. The van der Waals surface area contributed by atoms with E-state index in [1.54, 1.807) is 0 Å². The fourth-order valence-electron chi connectivity index (χ4n) is 5.54. The molecule has 0 amide bonds. The Balaban J connectivity index is 1.65. The van der Waals surface area contributed by atoms with Gasteiger partial charge in [-0.3, -0.25) is 0 Å². The molecule has 2 nitrogen and oxygen atoms in total. The first-order valence-corrected chi connectivity index (χ1v) is 13.6. The van der Waals surface area contributed by atoms with Gasteiger partial charge in [0.05, 0.1) is 11.9 Å². The van der Waals surface area contributed by atoms with Crippen LogP contribution in [0.4, 0.5) is 0 Å². The molecule has 182 valence electrons. The van der Waals surface area contributed by atoms with Crippen molar-refractivity contribution in [1.29, 1.82) is 0 Å². The van der Waals surface area contributed by atoms with Gasteiger partial charge in [-0.25, -0.2) is 0 Å². The van der Waals surface area contributed by atoms with Gasteiger partial charge in [-0.2, -0.15) is 10.2 Å². The molecular formula is C32H44N2. The molecule has 1 fully saturated rings. The Bertz CT molecular complexity index is 886. The normalized spacial score (nSPS) is 19.9. The SMILES string of the molecule is C=CCCCCc1ccc(C=NN=C(c2ccccc2)[C@H]2CC[C@H](C(CC)CCC)CC2)cc1. The number of aryl methyl sites for hydroxylation is 1. The molecule has 2 aromatic carbocycles. The van der Waals surface area contributed by atoms with Gasteiger partial charge in [0, 0.05) is 5.92 Å². The van der Waals surface area contributed by atoms with Crippen molar-refractivity contribution in [3.8, 4) is 0 Å². The largest absolute Gasteiger partial charge is 0.158 e. The fraction of sp³-hybridized carbons (Fsp3) is 0.500. The minimum atomic E-state index is 0.507. The number of nitrogens with zero attached hydrogens (tertiary/aromatic N) is 2. The average Bonchev–Trinajstić information content (AvgIpc) is 2.89. The molecule has 0 aliphatic heterocycles. The Morgan fingerprint density at radius 3 is 2.35 bits per heavy atom. The van der Waals surface area contributed by atoms with E-state index in [4.69, 9.17) is 5.10 Å². The van der Waals surface area contributed by atoms with Gasteiger partial charge >= 0.3 is 0 Å². The lowest BCUT2D eigenvalue weighted by molar-refractivity contribution is 0.212. The zero-order valence-electron chi connectivity index (χ0n) is 21.5. The molecule has 1 unspecified atom stereocenters. The summed E-state index contributed by atoms with van der Waals surface area (Å²) < 4.78 is 0. The first-order valence-electron chi connectivity index (χ1n) is 13.6. The molecule has 1 aliphatic carbocycles. The van der Waals surface area contributed by atoms with E-state index in [0.29, 0.717) is 5.92 Å². The minimum absolute atomic E-state index is 0.507. The van der Waals surface area contributed by atoms with Gasteiger partial charge in [0.2, 0.25) is 0 Å². The van der Waals surface area contributed by atoms with Gasteiger partial charge in [-0.05, 0) is 79.9 Å². The lowest BCUT2D eigenvalue weighted by atomic mass is 9.72. The van der Waals surface area contributed by atoms with Crippen molar-refractivity contribution in [3.05, 3.63) is 83.9 Å². The predicted molar refractivity (Wildman–Crippen MR) is 149 cm³/mol. The molecule has 34 heavy (non-hydrogen) atoms. The lowest BCUT2D eigenvalue weighted by Gasteiger charge is -2.34. The molecule has 2 aromatic rings. The van der Waals surface area contributed by atoms with Crippen LogP contribution in [0.2, 0.25) is 0 Å². The van der Waals surface area contributed by atoms with Crippen molar-refractivity contribution in [2.24, 2.45) is 28.0 Å². The minimum Gasteiger partial charge on any atom is -0.158 e. The van der Waals surface area contributed by atoms with Crippen LogP contribution in [-0.2, 0) is 6.42 Å². The maximum Gasteiger partial charge on any atom is 0.0733 e. The number of hydrogen-bond acceptors (Lipinski definition) is 2. The summed E-state index contributed by atoms with van der Waals surface area (Å²) in [6, 6.07) is 19.4. The van der Waals surface area contributed by atoms with Crippen LogP contribution >= 0.6 is 0 Å². The van der Waals surface area contributed by atoms with Crippen molar-refractivity contribution in [2.45, 2.75) is 84.5 Å². The molecule has 0 spiro atoms. The number of benzene rings is 2. The van der Waals surface area contributed by atoms with Crippen molar-refractivity contribution < 1.29 is 0 Å². The molecule has 0 bridgehead atoms. The van der Waals surface area contributed by atoms with Crippen LogP contribution in [0.25, 0.3) is 0 Å². The highest BCUT2D eigenvalue weighted by Gasteiger charge is 2.29. The standard InChI is InChI=1S/C32H44N2/c1-4-7-8-10-14-26-17-19-27(20-18-26)25-33-34-32(30-15-11-9-12-16-30)31-23-21-29(22-24-31)28(6-3)13-5-2/h4,9,11-12,15-20,25,28-29,31H,1,5-8,10,13-14,21-24H2,2-3H3/t28?,29-,31-. The van der Waals surface area contributed by atoms with Crippen molar-refractivity contribution in [2.75, 3.05) is 0 Å². The van der Waals surface area contributed by atoms with Crippen molar-refractivity contribution in [1.82, 2.24) is 0 Å². The smallest absolute Gasteiger partial charge is 0.0733 e. The van der Waals surface area contributed by atoms with Gasteiger partial charge in [0.1, 0.15) is 0 Å². The maximum atomic E-state index is 4.81. The molecule has 2 heteroatoms.